The molecule has 0 saturated carbocycles. The number of carboxylic acid groups (broad SMARTS) is 1. The van der Waals surface area contributed by atoms with Crippen molar-refractivity contribution < 1.29 is 24.2 Å². The molecule has 0 aromatic heterocycles. The minimum atomic E-state index is -1.11. The molecule has 6 heteroatoms. The molecule has 0 aliphatic heterocycles. The van der Waals surface area contributed by atoms with Crippen LogP contribution in [-0.2, 0) is 14.3 Å². The van der Waals surface area contributed by atoms with Gasteiger partial charge in [0.15, 0.2) is 6.10 Å². The van der Waals surface area contributed by atoms with Crippen LogP contribution >= 0.6 is 0 Å². The molecule has 6 nitrogen and oxygen atoms in total. The van der Waals surface area contributed by atoms with Crippen molar-refractivity contribution >= 4 is 11.9 Å². The second-order valence-electron chi connectivity index (χ2n) is 4.69. The average molecular weight is 295 g/mol. The van der Waals surface area contributed by atoms with Gasteiger partial charge in [0.25, 0.3) is 0 Å². The van der Waals surface area contributed by atoms with Gasteiger partial charge >= 0.3 is 5.97 Å². The first-order valence-corrected chi connectivity index (χ1v) is 6.67. The SMILES string of the molecule is COC(CNC(=O)CCOc1c(C)cccc1C)C(=O)O. The molecule has 1 aromatic carbocycles. The summed E-state index contributed by atoms with van der Waals surface area (Å²) in [6.07, 6.45) is -0.877. The molecule has 1 atom stereocenters. The maximum atomic E-state index is 11.6. The minimum Gasteiger partial charge on any atom is -0.493 e. The van der Waals surface area contributed by atoms with Gasteiger partial charge in [0.05, 0.1) is 19.6 Å². The Balaban J connectivity index is 2.35. The summed E-state index contributed by atoms with van der Waals surface area (Å²) in [6.45, 7) is 4.06. The van der Waals surface area contributed by atoms with Crippen molar-refractivity contribution in [2.24, 2.45) is 0 Å². The molecule has 0 heterocycles. The Labute approximate surface area is 124 Å². The summed E-state index contributed by atoms with van der Waals surface area (Å²) in [5, 5.41) is 11.3. The van der Waals surface area contributed by atoms with Gasteiger partial charge in [-0.15, -0.1) is 0 Å². The Morgan fingerprint density at radius 2 is 1.90 bits per heavy atom. The van der Waals surface area contributed by atoms with E-state index in [1.807, 2.05) is 32.0 Å². The highest BCUT2D eigenvalue weighted by molar-refractivity contribution is 5.78. The number of methoxy groups -OCH3 is 1. The number of hydrogen-bond acceptors (Lipinski definition) is 4. The first-order chi connectivity index (χ1) is 9.95. The highest BCUT2D eigenvalue weighted by Crippen LogP contribution is 2.22. The van der Waals surface area contributed by atoms with Gasteiger partial charge in [-0.25, -0.2) is 4.79 Å². The van der Waals surface area contributed by atoms with E-state index in [4.69, 9.17) is 14.6 Å². The Morgan fingerprint density at radius 3 is 2.43 bits per heavy atom. The molecular formula is C15H21NO5. The number of carboxylic acids is 1. The first kappa shape index (κ1) is 17.0. The average Bonchev–Trinajstić information content (AvgIpc) is 2.42. The minimum absolute atomic E-state index is 0.0614. The quantitative estimate of drug-likeness (QED) is 0.755. The number of rotatable bonds is 8. The topological polar surface area (TPSA) is 84.9 Å². The normalized spacial score (nSPS) is 11.8. The molecule has 0 radical (unpaired) electrons. The molecule has 0 bridgehead atoms. The summed E-state index contributed by atoms with van der Waals surface area (Å²) in [4.78, 5) is 22.3. The fourth-order valence-electron chi connectivity index (χ4n) is 1.84. The maximum absolute atomic E-state index is 11.6. The lowest BCUT2D eigenvalue weighted by Gasteiger charge is -2.13. The largest absolute Gasteiger partial charge is 0.493 e. The molecule has 0 spiro atoms. The van der Waals surface area contributed by atoms with E-state index in [0.29, 0.717) is 0 Å². The molecule has 0 aliphatic rings. The number of ether oxygens (including phenoxy) is 2. The maximum Gasteiger partial charge on any atom is 0.334 e. The molecule has 1 amide bonds. The monoisotopic (exact) mass is 295 g/mol. The smallest absolute Gasteiger partial charge is 0.334 e. The van der Waals surface area contributed by atoms with Crippen molar-refractivity contribution in [1.82, 2.24) is 5.32 Å². The van der Waals surface area contributed by atoms with Crippen LogP contribution in [0.15, 0.2) is 18.2 Å². The molecule has 21 heavy (non-hydrogen) atoms. The summed E-state index contributed by atoms with van der Waals surface area (Å²) in [5.41, 5.74) is 2.03. The van der Waals surface area contributed by atoms with Crippen molar-refractivity contribution in [2.45, 2.75) is 26.4 Å². The highest BCUT2D eigenvalue weighted by atomic mass is 16.5. The highest BCUT2D eigenvalue weighted by Gasteiger charge is 2.17. The van der Waals surface area contributed by atoms with E-state index >= 15 is 0 Å². The number of carbonyl (C=O) groups excluding carboxylic acids is 1. The molecular weight excluding hydrogens is 274 g/mol. The fourth-order valence-corrected chi connectivity index (χ4v) is 1.84. The van der Waals surface area contributed by atoms with E-state index in [1.54, 1.807) is 0 Å². The summed E-state index contributed by atoms with van der Waals surface area (Å²) in [7, 11) is 1.29. The van der Waals surface area contributed by atoms with Crippen LogP contribution in [0.1, 0.15) is 17.5 Å². The van der Waals surface area contributed by atoms with Crippen LogP contribution in [0.4, 0.5) is 0 Å². The van der Waals surface area contributed by atoms with E-state index in [-0.39, 0.29) is 25.5 Å². The van der Waals surface area contributed by atoms with E-state index in [0.717, 1.165) is 16.9 Å². The van der Waals surface area contributed by atoms with Crippen LogP contribution in [0, 0.1) is 13.8 Å². The van der Waals surface area contributed by atoms with Gasteiger partial charge in [-0.1, -0.05) is 18.2 Å². The third kappa shape index (κ3) is 5.43. The zero-order valence-corrected chi connectivity index (χ0v) is 12.5. The predicted molar refractivity (Wildman–Crippen MR) is 77.5 cm³/mol. The second kappa shape index (κ2) is 8.26. The van der Waals surface area contributed by atoms with Gasteiger partial charge in [-0.2, -0.15) is 0 Å². The van der Waals surface area contributed by atoms with Crippen LogP contribution in [0.25, 0.3) is 0 Å². The number of para-hydroxylation sites is 1. The molecule has 1 unspecified atom stereocenters. The fraction of sp³-hybridized carbons (Fsp3) is 0.467. The van der Waals surface area contributed by atoms with Gasteiger partial charge in [0, 0.05) is 7.11 Å². The summed E-state index contributed by atoms with van der Waals surface area (Å²) < 4.78 is 10.3. The number of hydrogen-bond donors (Lipinski definition) is 2. The van der Waals surface area contributed by atoms with E-state index in [1.165, 1.54) is 7.11 Å². The van der Waals surface area contributed by atoms with Gasteiger partial charge < -0.3 is 19.9 Å². The number of aliphatic carboxylic acids is 1. The van der Waals surface area contributed by atoms with Crippen molar-refractivity contribution in [1.29, 1.82) is 0 Å². The van der Waals surface area contributed by atoms with Gasteiger partial charge in [-0.05, 0) is 25.0 Å². The van der Waals surface area contributed by atoms with Gasteiger partial charge in [0.1, 0.15) is 5.75 Å². The third-order valence-corrected chi connectivity index (χ3v) is 3.03. The lowest BCUT2D eigenvalue weighted by molar-refractivity contribution is -0.148. The van der Waals surface area contributed by atoms with E-state index in [2.05, 4.69) is 5.32 Å². The lowest BCUT2D eigenvalue weighted by Crippen LogP contribution is -2.38. The number of benzene rings is 1. The molecule has 2 N–H and O–H groups in total. The Morgan fingerprint density at radius 1 is 1.29 bits per heavy atom. The molecule has 0 saturated heterocycles. The number of nitrogens with one attached hydrogen (secondary N) is 1. The number of carbonyl (C=O) groups is 2. The van der Waals surface area contributed by atoms with E-state index < -0.39 is 12.1 Å². The van der Waals surface area contributed by atoms with Crippen LogP contribution in [0.3, 0.4) is 0 Å². The van der Waals surface area contributed by atoms with E-state index in [9.17, 15) is 9.59 Å². The summed E-state index contributed by atoms with van der Waals surface area (Å²) in [6, 6.07) is 5.83. The van der Waals surface area contributed by atoms with Crippen molar-refractivity contribution in [3.05, 3.63) is 29.3 Å². The first-order valence-electron chi connectivity index (χ1n) is 6.67. The van der Waals surface area contributed by atoms with Crippen LogP contribution in [-0.4, -0.2) is 43.3 Å². The Kier molecular flexibility index (Phi) is 6.68. The lowest BCUT2D eigenvalue weighted by atomic mass is 10.1. The Hall–Kier alpha value is -2.08. The standard InChI is InChI=1S/C15H21NO5/c1-10-5-4-6-11(2)14(10)21-8-7-13(17)16-9-12(20-3)15(18)19/h4-6,12H,7-9H2,1-3H3,(H,16,17)(H,18,19). The third-order valence-electron chi connectivity index (χ3n) is 3.03. The van der Waals surface area contributed by atoms with Crippen molar-refractivity contribution in [2.75, 3.05) is 20.3 Å². The van der Waals surface area contributed by atoms with Crippen LogP contribution in [0.5, 0.6) is 5.75 Å². The number of amides is 1. The Bertz CT molecular complexity index is 481. The molecule has 0 fully saturated rings. The summed E-state index contributed by atoms with van der Waals surface area (Å²) in [5.74, 6) is -0.597. The van der Waals surface area contributed by atoms with Crippen LogP contribution in [0.2, 0.25) is 0 Å². The second-order valence-corrected chi connectivity index (χ2v) is 4.69. The zero-order chi connectivity index (χ0) is 15.8. The van der Waals surface area contributed by atoms with Crippen molar-refractivity contribution in [3.8, 4) is 5.75 Å². The molecule has 1 aromatic rings. The molecule has 1 rings (SSSR count). The molecule has 116 valence electrons. The zero-order valence-electron chi connectivity index (χ0n) is 12.5. The number of aryl methyl sites for hydroxylation is 2. The van der Waals surface area contributed by atoms with Gasteiger partial charge in [-0.3, -0.25) is 4.79 Å². The predicted octanol–water partition coefficient (Wildman–Crippen LogP) is 1.29. The van der Waals surface area contributed by atoms with Crippen molar-refractivity contribution in [3.63, 3.8) is 0 Å². The van der Waals surface area contributed by atoms with Gasteiger partial charge in [0.2, 0.25) is 5.91 Å². The molecule has 0 aliphatic carbocycles. The van der Waals surface area contributed by atoms with Crippen LogP contribution < -0.4 is 10.1 Å². The summed E-state index contributed by atoms with van der Waals surface area (Å²) >= 11 is 0.